The minimum atomic E-state index is -3.41. The Morgan fingerprint density at radius 3 is 2.57 bits per heavy atom. The molecule has 3 nitrogen and oxygen atoms in total. The molecule has 14 heavy (non-hydrogen) atoms. The molecule has 0 unspecified atom stereocenters. The molecule has 0 aliphatic carbocycles. The van der Waals surface area contributed by atoms with Crippen LogP contribution in [0.15, 0.2) is 9.85 Å². The van der Waals surface area contributed by atoms with Crippen LogP contribution in [0.25, 0.3) is 0 Å². The third-order valence-corrected chi connectivity index (χ3v) is 4.69. The van der Waals surface area contributed by atoms with E-state index in [0.717, 1.165) is 15.1 Å². The van der Waals surface area contributed by atoms with E-state index in [1.807, 2.05) is 6.92 Å². The molecule has 0 saturated carbocycles. The Bertz CT molecular complexity index is 408. The summed E-state index contributed by atoms with van der Waals surface area (Å²) >= 11 is 4.76. The highest BCUT2D eigenvalue weighted by Gasteiger charge is 2.14. The van der Waals surface area contributed by atoms with Crippen LogP contribution in [0.2, 0.25) is 0 Å². The molecular formula is C8H11BrO3S2. The molecular weight excluding hydrogens is 288 g/mol. The summed E-state index contributed by atoms with van der Waals surface area (Å²) in [5.41, 5.74) is 0. The Hall–Kier alpha value is -0.0700. The number of hydrogen-bond acceptors (Lipinski definition) is 4. The summed E-state index contributed by atoms with van der Waals surface area (Å²) in [5, 5.41) is 0. The lowest BCUT2D eigenvalue weighted by Crippen LogP contribution is -2.10. The Kier molecular flexibility index (Phi) is 3.97. The number of aryl methyl sites for hydroxylation is 1. The molecule has 1 rings (SSSR count). The zero-order chi connectivity index (χ0) is 10.8. The molecule has 0 saturated heterocycles. The highest BCUT2D eigenvalue weighted by molar-refractivity contribution is 9.11. The SMILES string of the molecule is CCc1cc(OS(=O)(=O)CC)c(Br)s1. The maximum atomic E-state index is 11.2. The summed E-state index contributed by atoms with van der Waals surface area (Å²) in [7, 11) is -3.41. The molecule has 0 atom stereocenters. The number of halogens is 1. The van der Waals surface area contributed by atoms with E-state index in [4.69, 9.17) is 4.18 Å². The largest absolute Gasteiger partial charge is 0.380 e. The third kappa shape index (κ3) is 2.96. The average molecular weight is 299 g/mol. The lowest BCUT2D eigenvalue weighted by atomic mass is 10.4. The number of hydrogen-bond donors (Lipinski definition) is 0. The summed E-state index contributed by atoms with van der Waals surface area (Å²) in [4.78, 5) is 1.10. The summed E-state index contributed by atoms with van der Waals surface area (Å²) in [6, 6.07) is 1.75. The number of thiophene rings is 1. The van der Waals surface area contributed by atoms with E-state index in [2.05, 4.69) is 15.9 Å². The van der Waals surface area contributed by atoms with Crippen molar-refractivity contribution in [2.24, 2.45) is 0 Å². The molecule has 0 aliphatic heterocycles. The van der Waals surface area contributed by atoms with Crippen molar-refractivity contribution >= 4 is 37.4 Å². The lowest BCUT2D eigenvalue weighted by Gasteiger charge is -2.01. The molecule has 80 valence electrons. The normalized spacial score (nSPS) is 11.6. The van der Waals surface area contributed by atoms with Gasteiger partial charge in [-0.2, -0.15) is 8.42 Å². The van der Waals surface area contributed by atoms with Gasteiger partial charge >= 0.3 is 10.1 Å². The second kappa shape index (κ2) is 4.63. The van der Waals surface area contributed by atoms with E-state index in [1.54, 1.807) is 13.0 Å². The highest BCUT2D eigenvalue weighted by atomic mass is 79.9. The van der Waals surface area contributed by atoms with Crippen molar-refractivity contribution in [2.45, 2.75) is 20.3 Å². The highest BCUT2D eigenvalue weighted by Crippen LogP contribution is 2.35. The van der Waals surface area contributed by atoms with E-state index in [1.165, 1.54) is 11.3 Å². The fraction of sp³-hybridized carbons (Fsp3) is 0.500. The van der Waals surface area contributed by atoms with Gasteiger partial charge in [-0.3, -0.25) is 0 Å². The molecule has 0 fully saturated rings. The molecule has 6 heteroatoms. The van der Waals surface area contributed by atoms with Crippen LogP contribution >= 0.6 is 27.3 Å². The first-order valence-corrected chi connectivity index (χ1v) is 7.37. The number of rotatable bonds is 4. The monoisotopic (exact) mass is 298 g/mol. The van der Waals surface area contributed by atoms with Crippen LogP contribution in [0.5, 0.6) is 5.75 Å². The van der Waals surface area contributed by atoms with E-state index in [-0.39, 0.29) is 5.75 Å². The lowest BCUT2D eigenvalue weighted by molar-refractivity contribution is 0.487. The van der Waals surface area contributed by atoms with E-state index in [9.17, 15) is 8.42 Å². The summed E-state index contributed by atoms with van der Waals surface area (Å²) in [6.45, 7) is 3.56. The Balaban J connectivity index is 2.92. The first-order chi connectivity index (χ1) is 6.48. The Morgan fingerprint density at radius 1 is 1.50 bits per heavy atom. The van der Waals surface area contributed by atoms with E-state index >= 15 is 0 Å². The van der Waals surface area contributed by atoms with Crippen LogP contribution in [-0.2, 0) is 16.5 Å². The minimum Gasteiger partial charge on any atom is -0.380 e. The first kappa shape index (κ1) is 12.0. The van der Waals surface area contributed by atoms with Crippen LogP contribution < -0.4 is 4.18 Å². The molecule has 0 amide bonds. The standard InChI is InChI=1S/C8H11BrO3S2/c1-3-6-5-7(8(9)13-6)12-14(10,11)4-2/h5H,3-4H2,1-2H3. The van der Waals surface area contributed by atoms with Crippen molar-refractivity contribution in [2.75, 3.05) is 5.75 Å². The van der Waals surface area contributed by atoms with Gasteiger partial charge < -0.3 is 4.18 Å². The van der Waals surface area contributed by atoms with Gasteiger partial charge in [0.2, 0.25) is 0 Å². The third-order valence-electron chi connectivity index (χ3n) is 1.63. The molecule has 0 radical (unpaired) electrons. The summed E-state index contributed by atoms with van der Waals surface area (Å²) in [5.74, 6) is 0.380. The predicted octanol–water partition coefficient (Wildman–Crippen LogP) is 2.80. The smallest absolute Gasteiger partial charge is 0.308 e. The van der Waals surface area contributed by atoms with Crippen LogP contribution in [0.3, 0.4) is 0 Å². The molecule has 0 N–H and O–H groups in total. The average Bonchev–Trinajstić information content (AvgIpc) is 2.47. The quantitative estimate of drug-likeness (QED) is 0.803. The van der Waals surface area contributed by atoms with Gasteiger partial charge in [0, 0.05) is 4.88 Å². The molecule has 1 aromatic rings. The van der Waals surface area contributed by atoms with Crippen LogP contribution in [0.1, 0.15) is 18.7 Å². The molecule has 0 bridgehead atoms. The fourth-order valence-corrected chi connectivity index (χ4v) is 3.07. The van der Waals surface area contributed by atoms with Gasteiger partial charge in [-0.05, 0) is 35.3 Å². The van der Waals surface area contributed by atoms with Crippen LogP contribution in [-0.4, -0.2) is 14.2 Å². The van der Waals surface area contributed by atoms with Gasteiger partial charge in [-0.1, -0.05) is 6.92 Å². The van der Waals surface area contributed by atoms with E-state index < -0.39 is 10.1 Å². The van der Waals surface area contributed by atoms with Gasteiger partial charge in [-0.15, -0.1) is 11.3 Å². The van der Waals surface area contributed by atoms with Crippen molar-refractivity contribution in [1.82, 2.24) is 0 Å². The second-order valence-corrected chi connectivity index (χ2v) is 6.95. The van der Waals surface area contributed by atoms with Crippen molar-refractivity contribution in [3.8, 4) is 5.75 Å². The van der Waals surface area contributed by atoms with Crippen LogP contribution in [0, 0.1) is 0 Å². The van der Waals surface area contributed by atoms with Crippen molar-refractivity contribution in [3.63, 3.8) is 0 Å². The summed E-state index contributed by atoms with van der Waals surface area (Å²) in [6.07, 6.45) is 0.874. The van der Waals surface area contributed by atoms with E-state index in [0.29, 0.717) is 5.75 Å². The molecule has 1 aromatic heterocycles. The minimum absolute atomic E-state index is 0.0171. The predicted molar refractivity (Wildman–Crippen MR) is 61.5 cm³/mol. The Morgan fingerprint density at radius 2 is 2.14 bits per heavy atom. The molecule has 0 spiro atoms. The van der Waals surface area contributed by atoms with Gasteiger partial charge in [0.15, 0.2) is 5.75 Å². The maximum Gasteiger partial charge on any atom is 0.308 e. The second-order valence-electron chi connectivity index (χ2n) is 2.63. The fourth-order valence-electron chi connectivity index (χ4n) is 0.825. The van der Waals surface area contributed by atoms with Crippen molar-refractivity contribution in [3.05, 3.63) is 14.7 Å². The zero-order valence-corrected chi connectivity index (χ0v) is 11.1. The zero-order valence-electron chi connectivity index (χ0n) is 7.91. The van der Waals surface area contributed by atoms with Gasteiger partial charge in [0.1, 0.15) is 3.79 Å². The topological polar surface area (TPSA) is 43.4 Å². The van der Waals surface area contributed by atoms with Gasteiger partial charge in [-0.25, -0.2) is 0 Å². The Labute approximate surface area is 96.3 Å². The molecule has 0 aromatic carbocycles. The van der Waals surface area contributed by atoms with Gasteiger partial charge in [0.05, 0.1) is 5.75 Å². The summed E-state index contributed by atoms with van der Waals surface area (Å²) < 4.78 is 28.0. The van der Waals surface area contributed by atoms with Crippen molar-refractivity contribution < 1.29 is 12.6 Å². The van der Waals surface area contributed by atoms with Gasteiger partial charge in [0.25, 0.3) is 0 Å². The molecule has 1 heterocycles. The maximum absolute atomic E-state index is 11.2. The van der Waals surface area contributed by atoms with Crippen LogP contribution in [0.4, 0.5) is 0 Å². The van der Waals surface area contributed by atoms with Crippen molar-refractivity contribution in [1.29, 1.82) is 0 Å². The first-order valence-electron chi connectivity index (χ1n) is 4.19. The molecule has 0 aliphatic rings.